The van der Waals surface area contributed by atoms with Gasteiger partial charge in [0.15, 0.2) is 5.01 Å². The van der Waals surface area contributed by atoms with E-state index in [1.807, 2.05) is 7.05 Å². The first kappa shape index (κ1) is 25.8. The van der Waals surface area contributed by atoms with Crippen molar-refractivity contribution in [2.75, 3.05) is 39.1 Å². The summed E-state index contributed by atoms with van der Waals surface area (Å²) in [5.41, 5.74) is 0.917. The number of anilines is 1. The molecule has 0 saturated carbocycles. The van der Waals surface area contributed by atoms with E-state index in [9.17, 15) is 19.2 Å². The van der Waals surface area contributed by atoms with E-state index in [-0.39, 0.29) is 18.9 Å². The van der Waals surface area contributed by atoms with Crippen LogP contribution in [-0.2, 0) is 27.3 Å². The molecule has 3 N–H and O–H groups in total. The number of hydrogen-bond acceptors (Lipinski definition) is 9. The average molecular weight is 536 g/mol. The normalized spacial score (nSPS) is 19.7. The maximum absolute atomic E-state index is 13.1. The number of nitrogens with zero attached hydrogens (tertiary/aromatic N) is 4. The molecule has 36 heavy (non-hydrogen) atoms. The van der Waals surface area contributed by atoms with Crippen LogP contribution in [0.15, 0.2) is 18.3 Å². The lowest BCUT2D eigenvalue weighted by atomic mass is 9.99. The van der Waals surface area contributed by atoms with Crippen molar-refractivity contribution in [1.29, 1.82) is 0 Å². The van der Waals surface area contributed by atoms with Crippen molar-refractivity contribution in [2.24, 2.45) is 0 Å². The second kappa shape index (κ2) is 11.2. The summed E-state index contributed by atoms with van der Waals surface area (Å²) in [6.45, 7) is 1.98. The lowest BCUT2D eigenvalue weighted by Crippen LogP contribution is -2.62. The number of carbonyl (C=O) groups excluding carboxylic acids is 4. The summed E-state index contributed by atoms with van der Waals surface area (Å²) in [4.78, 5) is 63.3. The molecule has 0 aliphatic carbocycles. The molecule has 1 saturated heterocycles. The van der Waals surface area contributed by atoms with Crippen LogP contribution in [0.5, 0.6) is 0 Å². The average Bonchev–Trinajstić information content (AvgIpc) is 3.29. The van der Waals surface area contributed by atoms with Gasteiger partial charge in [0.05, 0.1) is 29.9 Å². The number of halogens is 1. The molecule has 0 unspecified atom stereocenters. The highest BCUT2D eigenvalue weighted by atomic mass is 35.5. The zero-order chi connectivity index (χ0) is 25.8. The molecule has 4 heterocycles. The molecule has 12 nitrogen and oxygen atoms in total. The van der Waals surface area contributed by atoms with Crippen molar-refractivity contribution in [3.8, 4) is 0 Å². The molecule has 1 fully saturated rings. The Kier molecular flexibility index (Phi) is 8.01. The van der Waals surface area contributed by atoms with Gasteiger partial charge < -0.3 is 30.5 Å². The third kappa shape index (κ3) is 6.09. The van der Waals surface area contributed by atoms with Crippen molar-refractivity contribution in [3.63, 3.8) is 0 Å². The van der Waals surface area contributed by atoms with Crippen LogP contribution in [0.2, 0.25) is 5.02 Å². The molecule has 0 radical (unpaired) electrons. The molecule has 2 aromatic heterocycles. The van der Waals surface area contributed by atoms with Gasteiger partial charge in [-0.3, -0.25) is 14.4 Å². The summed E-state index contributed by atoms with van der Waals surface area (Å²) >= 11 is 7.12. The van der Waals surface area contributed by atoms with Gasteiger partial charge >= 0.3 is 17.9 Å². The number of aromatic nitrogens is 2. The van der Waals surface area contributed by atoms with E-state index in [1.165, 1.54) is 41.7 Å². The quantitative estimate of drug-likeness (QED) is 0.489. The van der Waals surface area contributed by atoms with E-state index in [4.69, 9.17) is 16.3 Å². The van der Waals surface area contributed by atoms with Gasteiger partial charge in [-0.25, -0.2) is 14.8 Å². The van der Waals surface area contributed by atoms with Crippen molar-refractivity contribution in [3.05, 3.63) is 38.9 Å². The molecule has 4 amide bonds. The number of methoxy groups -OCH3 is 1. The lowest BCUT2D eigenvalue weighted by Gasteiger charge is -2.38. The number of thiazole rings is 1. The van der Waals surface area contributed by atoms with Crippen LogP contribution in [-0.4, -0.2) is 89.5 Å². The summed E-state index contributed by atoms with van der Waals surface area (Å²) in [7, 11) is 3.29. The van der Waals surface area contributed by atoms with Gasteiger partial charge in [0, 0.05) is 43.7 Å². The molecule has 192 valence electrons. The Morgan fingerprint density at radius 1 is 1.14 bits per heavy atom. The molecular formula is C22H26ClN7O5S. The monoisotopic (exact) mass is 535 g/mol. The summed E-state index contributed by atoms with van der Waals surface area (Å²) in [6.07, 6.45) is 1.87. The fraction of sp³-hybridized carbons (Fsp3) is 0.455. The van der Waals surface area contributed by atoms with Gasteiger partial charge in [-0.15, -0.1) is 11.3 Å². The number of carbonyl (C=O) groups is 4. The molecule has 14 heteroatoms. The number of nitrogens with one attached hydrogen (secondary N) is 3. The Hall–Kier alpha value is -3.29. The molecule has 0 aromatic carbocycles. The first-order valence-corrected chi connectivity index (χ1v) is 12.5. The van der Waals surface area contributed by atoms with Crippen molar-refractivity contribution in [1.82, 2.24) is 30.4 Å². The molecule has 4 rings (SSSR count). The van der Waals surface area contributed by atoms with Crippen LogP contribution in [0.25, 0.3) is 0 Å². The summed E-state index contributed by atoms with van der Waals surface area (Å²) in [5.74, 6) is -2.04. The van der Waals surface area contributed by atoms with Crippen molar-refractivity contribution in [2.45, 2.75) is 31.5 Å². The Morgan fingerprint density at radius 3 is 2.67 bits per heavy atom. The van der Waals surface area contributed by atoms with Gasteiger partial charge in [0.25, 0.3) is 5.91 Å². The van der Waals surface area contributed by atoms with Crippen LogP contribution in [0.3, 0.4) is 0 Å². The highest BCUT2D eigenvalue weighted by molar-refractivity contribution is 7.13. The predicted molar refractivity (Wildman–Crippen MR) is 132 cm³/mol. The molecule has 0 spiro atoms. The maximum atomic E-state index is 13.1. The Labute approximate surface area is 216 Å². The van der Waals surface area contributed by atoms with Crippen LogP contribution in [0.4, 0.5) is 10.6 Å². The van der Waals surface area contributed by atoms with Gasteiger partial charge in [-0.05, 0) is 25.6 Å². The SMILES string of the molecule is COC(=O)N1CC[C@H](NC(=O)C(=O)Nc2ccc(Cl)cn2)[C@H](NC(=O)c2nc3c(s2)CN(C)CC3)C1. The molecular weight excluding hydrogens is 510 g/mol. The molecule has 2 atom stereocenters. The minimum absolute atomic E-state index is 0.0948. The first-order chi connectivity index (χ1) is 17.2. The number of ether oxygens (including phenoxy) is 1. The predicted octanol–water partition coefficient (Wildman–Crippen LogP) is 0.873. The molecule has 0 bridgehead atoms. The van der Waals surface area contributed by atoms with E-state index in [0.29, 0.717) is 16.5 Å². The second-order valence-corrected chi connectivity index (χ2v) is 10.1. The Morgan fingerprint density at radius 2 is 1.94 bits per heavy atom. The van der Waals surface area contributed by atoms with Gasteiger partial charge in [0.1, 0.15) is 5.82 Å². The minimum Gasteiger partial charge on any atom is -0.453 e. The third-order valence-corrected chi connectivity index (χ3v) is 7.27. The van der Waals surface area contributed by atoms with Crippen LogP contribution in [0.1, 0.15) is 26.8 Å². The van der Waals surface area contributed by atoms with E-state index < -0.39 is 35.9 Å². The fourth-order valence-corrected chi connectivity index (χ4v) is 5.28. The highest BCUT2D eigenvalue weighted by Gasteiger charge is 2.36. The Bertz CT molecular complexity index is 1160. The van der Waals surface area contributed by atoms with Crippen molar-refractivity contribution >= 4 is 52.6 Å². The number of likely N-dealkylation sites (tertiary alicyclic amines) is 1. The summed E-state index contributed by atoms with van der Waals surface area (Å²) in [6, 6.07) is 1.73. The summed E-state index contributed by atoms with van der Waals surface area (Å²) < 4.78 is 4.81. The van der Waals surface area contributed by atoms with Gasteiger partial charge in [-0.1, -0.05) is 11.6 Å². The van der Waals surface area contributed by atoms with E-state index in [1.54, 1.807) is 0 Å². The van der Waals surface area contributed by atoms with Crippen LogP contribution >= 0.6 is 22.9 Å². The van der Waals surface area contributed by atoms with E-state index >= 15 is 0 Å². The van der Waals surface area contributed by atoms with E-state index in [2.05, 4.69) is 30.8 Å². The zero-order valence-corrected chi connectivity index (χ0v) is 21.3. The topological polar surface area (TPSA) is 146 Å². The van der Waals surface area contributed by atoms with Crippen LogP contribution in [0, 0.1) is 0 Å². The molecule has 2 aromatic rings. The largest absolute Gasteiger partial charge is 0.453 e. The Balaban J connectivity index is 1.44. The number of piperidine rings is 1. The number of pyridine rings is 1. The minimum atomic E-state index is -0.915. The lowest BCUT2D eigenvalue weighted by molar-refractivity contribution is -0.136. The standard InChI is InChI=1S/C22H26ClN7O5S/c1-29-7-5-14-16(11-29)36-21(27-14)20(33)26-15-10-30(22(34)35-2)8-6-13(15)25-18(31)19(32)28-17-4-3-12(23)9-24-17/h3-4,9,13,15H,5-8,10-11H2,1-2H3,(H,25,31)(H,26,33)(H,24,28,32)/t13-,15+/m0/s1. The second-order valence-electron chi connectivity index (χ2n) is 8.56. The number of hydrogen-bond donors (Lipinski definition) is 3. The zero-order valence-electron chi connectivity index (χ0n) is 19.7. The third-order valence-electron chi connectivity index (χ3n) is 5.97. The number of likely N-dealkylation sites (N-methyl/N-ethyl adjacent to an activating group) is 1. The van der Waals surface area contributed by atoms with Crippen LogP contribution < -0.4 is 16.0 Å². The first-order valence-electron chi connectivity index (χ1n) is 11.3. The fourth-order valence-electron chi connectivity index (χ4n) is 4.07. The maximum Gasteiger partial charge on any atom is 0.409 e. The van der Waals surface area contributed by atoms with Crippen molar-refractivity contribution < 1.29 is 23.9 Å². The molecule has 2 aliphatic heterocycles. The van der Waals surface area contributed by atoms with E-state index in [0.717, 1.165) is 30.1 Å². The highest BCUT2D eigenvalue weighted by Crippen LogP contribution is 2.25. The smallest absolute Gasteiger partial charge is 0.409 e. The number of rotatable bonds is 4. The molecule has 2 aliphatic rings. The number of amides is 4. The summed E-state index contributed by atoms with van der Waals surface area (Å²) in [5, 5.41) is 8.67. The van der Waals surface area contributed by atoms with Gasteiger partial charge in [-0.2, -0.15) is 0 Å². The van der Waals surface area contributed by atoms with Gasteiger partial charge in [0.2, 0.25) is 0 Å². The number of fused-ring (bicyclic) bond motifs is 1.